The smallest absolute Gasteiger partial charge is 0.326 e. The normalized spacial score (nSPS) is 13.2. The van der Waals surface area contributed by atoms with Gasteiger partial charge < -0.3 is 15.5 Å². The second-order valence-corrected chi connectivity index (χ2v) is 9.99. The van der Waals surface area contributed by atoms with E-state index < -0.39 is 48.3 Å². The number of hydrogen-bond donors (Lipinski definition) is 4. The van der Waals surface area contributed by atoms with E-state index in [1.807, 2.05) is 44.2 Å². The van der Waals surface area contributed by atoms with Crippen LogP contribution in [-0.4, -0.2) is 52.1 Å². The molecular weight excluding hydrogens is 510 g/mol. The number of hydrogen-bond acceptors (Lipinski definition) is 5. The highest BCUT2D eigenvalue weighted by Crippen LogP contribution is 2.26. The Morgan fingerprint density at radius 3 is 1.80 bits per heavy atom. The molecular formula is C31H35N3O6. The average molecular weight is 546 g/mol. The molecule has 0 aromatic heterocycles. The van der Waals surface area contributed by atoms with E-state index in [0.717, 1.165) is 11.1 Å². The lowest BCUT2D eigenvalue weighted by atomic mass is 9.99. The fraction of sp³-hybridized carbons (Fsp3) is 0.290. The number of para-hydroxylation sites is 1. The van der Waals surface area contributed by atoms with Crippen LogP contribution >= 0.6 is 0 Å². The topological polar surface area (TPSA) is 136 Å². The summed E-state index contributed by atoms with van der Waals surface area (Å²) in [5.74, 6) is -3.66. The van der Waals surface area contributed by atoms with E-state index in [1.54, 1.807) is 54.6 Å². The summed E-state index contributed by atoms with van der Waals surface area (Å²) in [6, 6.07) is 21.5. The molecule has 0 fully saturated rings. The third kappa shape index (κ3) is 8.25. The molecule has 3 rings (SSSR count). The lowest BCUT2D eigenvalue weighted by Crippen LogP contribution is -2.56. The molecule has 0 spiro atoms. The van der Waals surface area contributed by atoms with Crippen molar-refractivity contribution in [2.75, 3.05) is 10.2 Å². The Hall–Kier alpha value is -4.50. The fourth-order valence-corrected chi connectivity index (χ4v) is 4.36. The van der Waals surface area contributed by atoms with Crippen LogP contribution in [-0.2, 0) is 19.2 Å². The highest BCUT2D eigenvalue weighted by Gasteiger charge is 2.35. The first-order chi connectivity index (χ1) is 19.1. The van der Waals surface area contributed by atoms with Crippen LogP contribution < -0.4 is 15.5 Å². The number of carbonyl (C=O) groups is 4. The number of benzene rings is 3. The van der Waals surface area contributed by atoms with Gasteiger partial charge in [0.2, 0.25) is 11.8 Å². The molecule has 3 atom stereocenters. The van der Waals surface area contributed by atoms with Crippen molar-refractivity contribution in [1.29, 1.82) is 0 Å². The quantitative estimate of drug-likeness (QED) is 0.246. The highest BCUT2D eigenvalue weighted by atomic mass is 16.4. The zero-order chi connectivity index (χ0) is 29.2. The van der Waals surface area contributed by atoms with Crippen LogP contribution in [0.1, 0.15) is 33.6 Å². The van der Waals surface area contributed by atoms with Gasteiger partial charge in [0.25, 0.3) is 0 Å². The zero-order valence-corrected chi connectivity index (χ0v) is 22.8. The van der Waals surface area contributed by atoms with Crippen molar-refractivity contribution in [2.24, 2.45) is 5.92 Å². The number of carboxylic acid groups (broad SMARTS) is 2. The molecule has 0 unspecified atom stereocenters. The molecule has 4 N–H and O–H groups in total. The third-order valence-corrected chi connectivity index (χ3v) is 6.39. The van der Waals surface area contributed by atoms with E-state index in [9.17, 15) is 29.4 Å². The molecule has 0 saturated carbocycles. The summed E-state index contributed by atoms with van der Waals surface area (Å²) in [5.41, 5.74) is 2.75. The SMILES string of the molecule is CC(C)C[C@H](N[C@@H](CC(=O)Nc1ccccc1)C(=O)O)C(=O)N(c1ccc(-c2ccccc2)cc1)[C@@H](C)C(=O)O. The van der Waals surface area contributed by atoms with E-state index >= 15 is 0 Å². The van der Waals surface area contributed by atoms with E-state index in [-0.39, 0.29) is 12.3 Å². The van der Waals surface area contributed by atoms with Crippen LogP contribution in [0.15, 0.2) is 84.9 Å². The molecule has 3 aromatic rings. The molecule has 0 aliphatic heterocycles. The molecule has 210 valence electrons. The Balaban J connectivity index is 1.87. The van der Waals surface area contributed by atoms with Crippen molar-refractivity contribution >= 4 is 35.1 Å². The Morgan fingerprint density at radius 1 is 0.725 bits per heavy atom. The molecule has 3 aromatic carbocycles. The molecule has 0 bridgehead atoms. The van der Waals surface area contributed by atoms with Gasteiger partial charge in [-0.2, -0.15) is 0 Å². The summed E-state index contributed by atoms with van der Waals surface area (Å²) in [7, 11) is 0. The van der Waals surface area contributed by atoms with Gasteiger partial charge in [-0.25, -0.2) is 4.79 Å². The number of amides is 2. The zero-order valence-electron chi connectivity index (χ0n) is 22.8. The van der Waals surface area contributed by atoms with E-state index in [4.69, 9.17) is 0 Å². The average Bonchev–Trinajstić information content (AvgIpc) is 2.93. The van der Waals surface area contributed by atoms with Crippen molar-refractivity contribution < 1.29 is 29.4 Å². The largest absolute Gasteiger partial charge is 0.480 e. The van der Waals surface area contributed by atoms with Gasteiger partial charge in [0.1, 0.15) is 12.1 Å². The standard InChI is InChI=1S/C31H35N3O6/c1-20(2)18-26(33-27(31(39)40)19-28(35)32-24-12-8-5-9-13-24)29(36)34(21(3)30(37)38)25-16-14-23(15-17-25)22-10-6-4-7-11-22/h4-17,20-21,26-27,33H,18-19H2,1-3H3,(H,32,35)(H,37,38)(H,39,40)/t21-,26-,27-/m0/s1. The molecule has 2 amide bonds. The van der Waals surface area contributed by atoms with Crippen molar-refractivity contribution in [3.05, 3.63) is 84.9 Å². The van der Waals surface area contributed by atoms with Crippen molar-refractivity contribution in [1.82, 2.24) is 5.32 Å². The Labute approximate surface area is 233 Å². The minimum absolute atomic E-state index is 0.0310. The van der Waals surface area contributed by atoms with Gasteiger partial charge in [0.15, 0.2) is 0 Å². The number of rotatable bonds is 13. The lowest BCUT2D eigenvalue weighted by molar-refractivity contribution is -0.142. The number of carbonyl (C=O) groups excluding carboxylic acids is 2. The molecule has 0 aliphatic rings. The monoisotopic (exact) mass is 545 g/mol. The minimum atomic E-state index is -1.38. The van der Waals surface area contributed by atoms with Gasteiger partial charge in [0, 0.05) is 11.4 Å². The molecule has 0 aliphatic carbocycles. The van der Waals surface area contributed by atoms with Crippen LogP contribution in [0.5, 0.6) is 0 Å². The highest BCUT2D eigenvalue weighted by molar-refractivity contribution is 6.02. The summed E-state index contributed by atoms with van der Waals surface area (Å²) in [6.45, 7) is 5.15. The van der Waals surface area contributed by atoms with Crippen LogP contribution in [0.25, 0.3) is 11.1 Å². The summed E-state index contributed by atoms with van der Waals surface area (Å²) in [5, 5.41) is 25.2. The first-order valence-electron chi connectivity index (χ1n) is 13.1. The van der Waals surface area contributed by atoms with Crippen molar-refractivity contribution in [2.45, 2.75) is 51.7 Å². The molecule has 0 heterocycles. The van der Waals surface area contributed by atoms with E-state index in [0.29, 0.717) is 11.4 Å². The summed E-state index contributed by atoms with van der Waals surface area (Å²) in [4.78, 5) is 51.9. The summed E-state index contributed by atoms with van der Waals surface area (Å²) < 4.78 is 0. The Kier molecular flexibility index (Phi) is 10.6. The molecule has 40 heavy (non-hydrogen) atoms. The molecule has 0 radical (unpaired) electrons. The number of carboxylic acids is 2. The molecule has 9 nitrogen and oxygen atoms in total. The predicted molar refractivity (Wildman–Crippen MR) is 154 cm³/mol. The number of aliphatic carboxylic acids is 2. The summed E-state index contributed by atoms with van der Waals surface area (Å²) in [6.07, 6.45) is -0.194. The number of anilines is 2. The van der Waals surface area contributed by atoms with Crippen molar-refractivity contribution in [3.8, 4) is 11.1 Å². The fourth-order valence-electron chi connectivity index (χ4n) is 4.36. The van der Waals surface area contributed by atoms with Crippen LogP contribution in [0.4, 0.5) is 11.4 Å². The lowest BCUT2D eigenvalue weighted by Gasteiger charge is -2.33. The van der Waals surface area contributed by atoms with Crippen LogP contribution in [0.3, 0.4) is 0 Å². The van der Waals surface area contributed by atoms with Gasteiger partial charge in [-0.15, -0.1) is 0 Å². The minimum Gasteiger partial charge on any atom is -0.480 e. The first kappa shape index (κ1) is 30.0. The maximum Gasteiger partial charge on any atom is 0.326 e. The van der Waals surface area contributed by atoms with E-state index in [2.05, 4.69) is 10.6 Å². The predicted octanol–water partition coefficient (Wildman–Crippen LogP) is 4.65. The van der Waals surface area contributed by atoms with E-state index in [1.165, 1.54) is 11.8 Å². The Bertz CT molecular complexity index is 1300. The first-order valence-corrected chi connectivity index (χ1v) is 13.1. The van der Waals surface area contributed by atoms with Crippen LogP contribution in [0, 0.1) is 5.92 Å². The van der Waals surface area contributed by atoms with Gasteiger partial charge in [-0.3, -0.25) is 24.6 Å². The summed E-state index contributed by atoms with van der Waals surface area (Å²) >= 11 is 0. The van der Waals surface area contributed by atoms with Gasteiger partial charge in [-0.05, 0) is 54.7 Å². The van der Waals surface area contributed by atoms with Crippen molar-refractivity contribution in [3.63, 3.8) is 0 Å². The number of nitrogens with zero attached hydrogens (tertiary/aromatic N) is 1. The number of nitrogens with one attached hydrogen (secondary N) is 2. The van der Waals surface area contributed by atoms with Gasteiger partial charge >= 0.3 is 11.9 Å². The molecule has 9 heteroatoms. The maximum absolute atomic E-state index is 13.9. The van der Waals surface area contributed by atoms with Crippen LogP contribution in [0.2, 0.25) is 0 Å². The van der Waals surface area contributed by atoms with Gasteiger partial charge in [-0.1, -0.05) is 74.5 Å². The maximum atomic E-state index is 13.9. The molecule has 0 saturated heterocycles. The Morgan fingerprint density at radius 2 is 1.27 bits per heavy atom. The van der Waals surface area contributed by atoms with Gasteiger partial charge in [0.05, 0.1) is 12.5 Å². The second-order valence-electron chi connectivity index (χ2n) is 9.99. The second kappa shape index (κ2) is 14.0. The third-order valence-electron chi connectivity index (χ3n) is 6.39.